The molecule has 0 spiro atoms. The Morgan fingerprint density at radius 2 is 2.32 bits per heavy atom. The molecular weight excluding hydrogens is 248 g/mol. The zero-order chi connectivity index (χ0) is 13.4. The Bertz CT molecular complexity index is 635. The summed E-state index contributed by atoms with van der Waals surface area (Å²) >= 11 is 0. The Kier molecular flexibility index (Phi) is 2.63. The summed E-state index contributed by atoms with van der Waals surface area (Å²) in [5.41, 5.74) is 2.16. The summed E-state index contributed by atoms with van der Waals surface area (Å²) in [6.45, 7) is 1.40. The van der Waals surface area contributed by atoms with Crippen molar-refractivity contribution in [1.29, 1.82) is 0 Å². The van der Waals surface area contributed by atoms with E-state index >= 15 is 0 Å². The Hall–Kier alpha value is -2.50. The highest BCUT2D eigenvalue weighted by molar-refractivity contribution is 5.87. The Balaban J connectivity index is 2.09. The van der Waals surface area contributed by atoms with Gasteiger partial charge in [-0.15, -0.1) is 0 Å². The molecule has 0 saturated heterocycles. The zero-order valence-corrected chi connectivity index (χ0v) is 10.3. The number of carboxylic acids is 1. The van der Waals surface area contributed by atoms with Crippen molar-refractivity contribution >= 4 is 11.7 Å². The van der Waals surface area contributed by atoms with E-state index in [9.17, 15) is 4.79 Å². The molecule has 0 bridgehead atoms. The molecule has 6 heteroatoms. The second kappa shape index (κ2) is 4.31. The van der Waals surface area contributed by atoms with E-state index in [1.54, 1.807) is 0 Å². The summed E-state index contributed by atoms with van der Waals surface area (Å²) in [6.07, 6.45) is 0. The first-order chi connectivity index (χ1) is 9.16. The van der Waals surface area contributed by atoms with Crippen LogP contribution in [0.5, 0.6) is 5.75 Å². The van der Waals surface area contributed by atoms with Crippen LogP contribution in [0.1, 0.15) is 10.6 Å². The van der Waals surface area contributed by atoms with E-state index in [0.29, 0.717) is 18.1 Å². The number of carboxylic acid groups (broad SMARTS) is 1. The van der Waals surface area contributed by atoms with Crippen molar-refractivity contribution in [2.45, 2.75) is 0 Å². The Labute approximate surface area is 109 Å². The van der Waals surface area contributed by atoms with Crippen molar-refractivity contribution < 1.29 is 19.2 Å². The third kappa shape index (κ3) is 1.91. The highest BCUT2D eigenvalue weighted by atomic mass is 16.5. The van der Waals surface area contributed by atoms with E-state index in [1.165, 1.54) is 6.07 Å². The molecule has 2 heterocycles. The van der Waals surface area contributed by atoms with Crippen LogP contribution in [0.4, 0.5) is 5.69 Å². The van der Waals surface area contributed by atoms with E-state index < -0.39 is 5.97 Å². The molecule has 0 amide bonds. The summed E-state index contributed by atoms with van der Waals surface area (Å²) in [6, 6.07) is 7.07. The second-order valence-electron chi connectivity index (χ2n) is 4.31. The molecule has 1 aromatic heterocycles. The van der Waals surface area contributed by atoms with Crippen LogP contribution in [0.25, 0.3) is 11.3 Å². The molecule has 2 aromatic rings. The van der Waals surface area contributed by atoms with Gasteiger partial charge < -0.3 is 19.3 Å². The fourth-order valence-corrected chi connectivity index (χ4v) is 2.09. The summed E-state index contributed by atoms with van der Waals surface area (Å²) in [5, 5.41) is 12.6. The van der Waals surface area contributed by atoms with Crippen LogP contribution in [0.15, 0.2) is 28.8 Å². The third-order valence-corrected chi connectivity index (χ3v) is 3.08. The van der Waals surface area contributed by atoms with Gasteiger partial charge in [0, 0.05) is 18.7 Å². The monoisotopic (exact) mass is 260 g/mol. The van der Waals surface area contributed by atoms with Crippen LogP contribution in [-0.4, -0.2) is 36.4 Å². The number of ether oxygens (including phenoxy) is 1. The summed E-state index contributed by atoms with van der Waals surface area (Å²) in [5.74, 6) is -0.611. The maximum Gasteiger partial charge on any atom is 0.374 e. The second-order valence-corrected chi connectivity index (χ2v) is 4.31. The average Bonchev–Trinajstić information content (AvgIpc) is 2.88. The number of nitrogens with zero attached hydrogens (tertiary/aromatic N) is 2. The van der Waals surface area contributed by atoms with Gasteiger partial charge in [-0.1, -0.05) is 11.2 Å². The van der Waals surface area contributed by atoms with Gasteiger partial charge in [-0.25, -0.2) is 4.79 Å². The number of likely N-dealkylation sites (N-methyl/N-ethyl adjacent to an activating group) is 1. The summed E-state index contributed by atoms with van der Waals surface area (Å²) < 4.78 is 10.5. The van der Waals surface area contributed by atoms with Crippen molar-refractivity contribution in [2.75, 3.05) is 25.1 Å². The van der Waals surface area contributed by atoms with Gasteiger partial charge in [0.25, 0.3) is 0 Å². The van der Waals surface area contributed by atoms with Gasteiger partial charge >= 0.3 is 5.97 Å². The molecule has 19 heavy (non-hydrogen) atoms. The molecular formula is C13H12N2O4. The number of benzene rings is 1. The first-order valence-corrected chi connectivity index (χ1v) is 5.84. The van der Waals surface area contributed by atoms with E-state index in [2.05, 4.69) is 10.1 Å². The van der Waals surface area contributed by atoms with Crippen LogP contribution in [0, 0.1) is 0 Å². The minimum Gasteiger partial charge on any atom is -0.489 e. The highest BCUT2D eigenvalue weighted by Gasteiger charge is 2.21. The Morgan fingerprint density at radius 1 is 1.47 bits per heavy atom. The maximum absolute atomic E-state index is 10.8. The number of aromatic carboxylic acids is 1. The molecule has 1 N–H and O–H groups in total. The summed E-state index contributed by atoms with van der Waals surface area (Å²) in [7, 11) is 1.98. The zero-order valence-electron chi connectivity index (χ0n) is 10.3. The van der Waals surface area contributed by atoms with E-state index in [0.717, 1.165) is 17.8 Å². The fourth-order valence-electron chi connectivity index (χ4n) is 2.09. The van der Waals surface area contributed by atoms with Crippen molar-refractivity contribution in [2.24, 2.45) is 0 Å². The van der Waals surface area contributed by atoms with Crippen molar-refractivity contribution in [1.82, 2.24) is 5.16 Å². The van der Waals surface area contributed by atoms with Gasteiger partial charge in [-0.2, -0.15) is 0 Å². The van der Waals surface area contributed by atoms with Gasteiger partial charge in [-0.3, -0.25) is 0 Å². The van der Waals surface area contributed by atoms with E-state index in [-0.39, 0.29) is 5.76 Å². The SMILES string of the molecule is CN1CCOc2c(-c3cc(C(=O)O)on3)cccc21. The lowest BCUT2D eigenvalue weighted by atomic mass is 10.1. The molecule has 6 nitrogen and oxygen atoms in total. The lowest BCUT2D eigenvalue weighted by Crippen LogP contribution is -2.28. The number of rotatable bonds is 2. The topological polar surface area (TPSA) is 75.8 Å². The molecule has 3 rings (SSSR count). The smallest absolute Gasteiger partial charge is 0.374 e. The maximum atomic E-state index is 10.8. The van der Waals surface area contributed by atoms with Crippen LogP contribution in [0.3, 0.4) is 0 Å². The molecule has 0 saturated carbocycles. The fraction of sp³-hybridized carbons (Fsp3) is 0.231. The van der Waals surface area contributed by atoms with Gasteiger partial charge in [0.1, 0.15) is 12.3 Å². The van der Waals surface area contributed by atoms with Crippen molar-refractivity contribution in [3.05, 3.63) is 30.0 Å². The van der Waals surface area contributed by atoms with E-state index in [4.69, 9.17) is 14.4 Å². The third-order valence-electron chi connectivity index (χ3n) is 3.08. The lowest BCUT2D eigenvalue weighted by molar-refractivity contribution is 0.0652. The predicted molar refractivity (Wildman–Crippen MR) is 67.7 cm³/mol. The quantitative estimate of drug-likeness (QED) is 0.888. The number of carbonyl (C=O) groups is 1. The normalized spacial score (nSPS) is 13.8. The first kappa shape index (κ1) is 11.6. The average molecular weight is 260 g/mol. The van der Waals surface area contributed by atoms with Gasteiger partial charge in [0.05, 0.1) is 12.2 Å². The molecule has 0 atom stereocenters. The minimum atomic E-state index is -1.14. The molecule has 0 radical (unpaired) electrons. The molecule has 0 aliphatic carbocycles. The molecule has 1 aliphatic heterocycles. The van der Waals surface area contributed by atoms with Gasteiger partial charge in [0.15, 0.2) is 5.75 Å². The largest absolute Gasteiger partial charge is 0.489 e. The van der Waals surface area contributed by atoms with Gasteiger partial charge in [-0.05, 0) is 12.1 Å². The minimum absolute atomic E-state index is 0.184. The predicted octanol–water partition coefficient (Wildman–Crippen LogP) is 1.87. The van der Waals surface area contributed by atoms with Crippen LogP contribution in [0.2, 0.25) is 0 Å². The number of fused-ring (bicyclic) bond motifs is 1. The number of para-hydroxylation sites is 1. The Morgan fingerprint density at radius 3 is 3.05 bits per heavy atom. The number of hydrogen-bond acceptors (Lipinski definition) is 5. The molecule has 0 fully saturated rings. The highest BCUT2D eigenvalue weighted by Crippen LogP contribution is 2.39. The van der Waals surface area contributed by atoms with Crippen molar-refractivity contribution in [3.8, 4) is 17.0 Å². The van der Waals surface area contributed by atoms with E-state index in [1.807, 2.05) is 25.2 Å². The first-order valence-electron chi connectivity index (χ1n) is 5.84. The molecule has 1 aliphatic rings. The van der Waals surface area contributed by atoms with Gasteiger partial charge in [0.2, 0.25) is 5.76 Å². The summed E-state index contributed by atoms with van der Waals surface area (Å²) in [4.78, 5) is 12.9. The number of aromatic nitrogens is 1. The number of hydrogen-bond donors (Lipinski definition) is 1. The standard InChI is InChI=1S/C13H12N2O4/c1-15-5-6-18-12-8(3-2-4-10(12)15)9-7-11(13(16)17)19-14-9/h2-4,7H,5-6H2,1H3,(H,16,17). The van der Waals surface area contributed by atoms with Crippen LogP contribution >= 0.6 is 0 Å². The lowest BCUT2D eigenvalue weighted by Gasteiger charge is -2.28. The molecule has 1 aromatic carbocycles. The van der Waals surface area contributed by atoms with Crippen molar-refractivity contribution in [3.63, 3.8) is 0 Å². The molecule has 98 valence electrons. The number of anilines is 1. The van der Waals surface area contributed by atoms with Crippen LogP contribution in [-0.2, 0) is 0 Å². The van der Waals surface area contributed by atoms with Crippen LogP contribution < -0.4 is 9.64 Å². The molecule has 0 unspecified atom stereocenters.